The molecule has 0 N–H and O–H groups in total. The fraction of sp³-hybridized carbons (Fsp3) is 0.579. The van der Waals surface area contributed by atoms with Crippen LogP contribution in [0.2, 0.25) is 0 Å². The van der Waals surface area contributed by atoms with E-state index in [9.17, 15) is 9.59 Å². The monoisotopic (exact) mass is 304 g/mol. The molecule has 0 saturated heterocycles. The number of benzene rings is 1. The van der Waals surface area contributed by atoms with Crippen molar-refractivity contribution < 1.29 is 14.3 Å². The summed E-state index contributed by atoms with van der Waals surface area (Å²) in [6, 6.07) is 3.98. The van der Waals surface area contributed by atoms with Crippen LogP contribution in [0.15, 0.2) is 12.1 Å². The molecule has 0 spiro atoms. The molecule has 0 aliphatic heterocycles. The van der Waals surface area contributed by atoms with Gasteiger partial charge in [-0.15, -0.1) is 0 Å². The zero-order chi connectivity index (χ0) is 16.9. The molecule has 122 valence electrons. The van der Waals surface area contributed by atoms with Gasteiger partial charge in [-0.25, -0.2) is 0 Å². The Bertz CT molecular complexity index is 521. The molecular formula is C19H28O3. The summed E-state index contributed by atoms with van der Waals surface area (Å²) >= 11 is 0. The van der Waals surface area contributed by atoms with E-state index in [-0.39, 0.29) is 11.9 Å². The molecule has 0 bridgehead atoms. The standard InChI is InChI=1S/C19H28O3/c1-7-8-9-16(19(21)22-12(2)3)18(20)17-14(5)10-13(4)11-15(17)6/h10-12,16H,7-9H2,1-6H3. The summed E-state index contributed by atoms with van der Waals surface area (Å²) in [5.41, 5.74) is 3.66. The number of carbonyl (C=O) groups excluding carboxylic acids is 2. The molecule has 0 saturated carbocycles. The molecule has 0 fully saturated rings. The highest BCUT2D eigenvalue weighted by Crippen LogP contribution is 2.24. The molecule has 22 heavy (non-hydrogen) atoms. The van der Waals surface area contributed by atoms with Crippen LogP contribution in [0.4, 0.5) is 0 Å². The minimum Gasteiger partial charge on any atom is -0.462 e. The lowest BCUT2D eigenvalue weighted by atomic mass is 9.87. The highest BCUT2D eigenvalue weighted by atomic mass is 16.5. The molecule has 0 aromatic heterocycles. The summed E-state index contributed by atoms with van der Waals surface area (Å²) in [5, 5.41) is 0. The molecule has 1 unspecified atom stereocenters. The fourth-order valence-corrected chi connectivity index (χ4v) is 2.82. The van der Waals surface area contributed by atoms with Crippen LogP contribution in [0, 0.1) is 26.7 Å². The van der Waals surface area contributed by atoms with Gasteiger partial charge in [0.05, 0.1) is 6.10 Å². The number of rotatable bonds is 7. The number of carbonyl (C=O) groups is 2. The average molecular weight is 304 g/mol. The second-order valence-corrected chi connectivity index (χ2v) is 6.32. The van der Waals surface area contributed by atoms with E-state index in [0.717, 1.165) is 29.5 Å². The highest BCUT2D eigenvalue weighted by molar-refractivity contribution is 6.10. The molecule has 1 rings (SSSR count). The smallest absolute Gasteiger partial charge is 0.317 e. The number of ketones is 1. The van der Waals surface area contributed by atoms with E-state index < -0.39 is 11.9 Å². The first kappa shape index (κ1) is 18.4. The molecule has 0 heterocycles. The fourth-order valence-electron chi connectivity index (χ4n) is 2.82. The first-order chi connectivity index (χ1) is 10.3. The zero-order valence-corrected chi connectivity index (χ0v) is 14.7. The van der Waals surface area contributed by atoms with Gasteiger partial charge in [-0.3, -0.25) is 9.59 Å². The van der Waals surface area contributed by atoms with Gasteiger partial charge in [0.1, 0.15) is 5.92 Å². The number of hydrogen-bond acceptors (Lipinski definition) is 3. The van der Waals surface area contributed by atoms with Crippen LogP contribution in [0.25, 0.3) is 0 Å². The van der Waals surface area contributed by atoms with E-state index in [1.165, 1.54) is 0 Å². The van der Waals surface area contributed by atoms with Crippen LogP contribution >= 0.6 is 0 Å². The predicted octanol–water partition coefficient (Wildman–Crippen LogP) is 4.55. The van der Waals surface area contributed by atoms with Crippen molar-refractivity contribution in [2.45, 2.75) is 66.9 Å². The third kappa shape index (κ3) is 4.69. The van der Waals surface area contributed by atoms with Gasteiger partial charge in [-0.05, 0) is 52.2 Å². The van der Waals surface area contributed by atoms with Gasteiger partial charge in [0.25, 0.3) is 0 Å². The second kappa shape index (κ2) is 8.11. The molecule has 3 heteroatoms. The van der Waals surface area contributed by atoms with Crippen molar-refractivity contribution in [1.82, 2.24) is 0 Å². The lowest BCUT2D eigenvalue weighted by Crippen LogP contribution is -2.29. The van der Waals surface area contributed by atoms with Crippen LogP contribution in [-0.2, 0) is 9.53 Å². The van der Waals surface area contributed by atoms with Crippen molar-refractivity contribution in [3.8, 4) is 0 Å². The first-order valence-corrected chi connectivity index (χ1v) is 8.10. The van der Waals surface area contributed by atoms with Crippen molar-refractivity contribution >= 4 is 11.8 Å². The van der Waals surface area contributed by atoms with E-state index in [4.69, 9.17) is 4.74 Å². The van der Waals surface area contributed by atoms with Crippen molar-refractivity contribution in [1.29, 1.82) is 0 Å². The quantitative estimate of drug-likeness (QED) is 0.421. The summed E-state index contributed by atoms with van der Waals surface area (Å²) < 4.78 is 5.30. The van der Waals surface area contributed by atoms with Crippen molar-refractivity contribution in [2.24, 2.45) is 5.92 Å². The van der Waals surface area contributed by atoms with E-state index in [2.05, 4.69) is 6.92 Å². The van der Waals surface area contributed by atoms with Gasteiger partial charge in [-0.1, -0.05) is 37.5 Å². The van der Waals surface area contributed by atoms with Gasteiger partial charge in [0.15, 0.2) is 5.78 Å². The van der Waals surface area contributed by atoms with E-state index in [1.54, 1.807) is 0 Å². The van der Waals surface area contributed by atoms with Crippen LogP contribution in [0.5, 0.6) is 0 Å². The van der Waals surface area contributed by atoms with Gasteiger partial charge in [0, 0.05) is 5.56 Å². The first-order valence-electron chi connectivity index (χ1n) is 8.10. The molecule has 1 aromatic carbocycles. The summed E-state index contributed by atoms with van der Waals surface area (Å²) in [7, 11) is 0. The topological polar surface area (TPSA) is 43.4 Å². The van der Waals surface area contributed by atoms with E-state index in [0.29, 0.717) is 12.0 Å². The Morgan fingerprint density at radius 1 is 1.09 bits per heavy atom. The molecule has 3 nitrogen and oxygen atoms in total. The van der Waals surface area contributed by atoms with Gasteiger partial charge < -0.3 is 4.74 Å². The van der Waals surface area contributed by atoms with Crippen molar-refractivity contribution in [3.63, 3.8) is 0 Å². The van der Waals surface area contributed by atoms with Gasteiger partial charge >= 0.3 is 5.97 Å². The summed E-state index contributed by atoms with van der Waals surface area (Å²) in [6.07, 6.45) is 2.14. The maximum absolute atomic E-state index is 12.9. The van der Waals surface area contributed by atoms with E-state index >= 15 is 0 Å². The minimum atomic E-state index is -0.692. The molecule has 0 amide bonds. The maximum Gasteiger partial charge on any atom is 0.317 e. The number of aryl methyl sites for hydroxylation is 3. The Balaban J connectivity index is 3.14. The van der Waals surface area contributed by atoms with Gasteiger partial charge in [-0.2, -0.15) is 0 Å². The Hall–Kier alpha value is -1.64. The molecule has 0 aliphatic carbocycles. The third-order valence-electron chi connectivity index (χ3n) is 3.72. The Morgan fingerprint density at radius 3 is 2.09 bits per heavy atom. The van der Waals surface area contributed by atoms with Crippen LogP contribution in [0.3, 0.4) is 0 Å². The molecule has 0 aliphatic rings. The largest absolute Gasteiger partial charge is 0.462 e. The summed E-state index contributed by atoms with van der Waals surface area (Å²) in [6.45, 7) is 11.5. The number of Topliss-reactive ketones (excluding diaryl/α,β-unsaturated/α-hetero) is 1. The van der Waals surface area contributed by atoms with Gasteiger partial charge in [0.2, 0.25) is 0 Å². The Morgan fingerprint density at radius 2 is 1.64 bits per heavy atom. The molecule has 1 aromatic rings. The number of hydrogen-bond donors (Lipinski definition) is 0. The number of esters is 1. The van der Waals surface area contributed by atoms with E-state index in [1.807, 2.05) is 46.8 Å². The highest BCUT2D eigenvalue weighted by Gasteiger charge is 2.30. The number of ether oxygens (including phenoxy) is 1. The Labute approximate surface area is 134 Å². The molecular weight excluding hydrogens is 276 g/mol. The second-order valence-electron chi connectivity index (χ2n) is 6.32. The van der Waals surface area contributed by atoms with Crippen LogP contribution in [0.1, 0.15) is 67.1 Å². The molecule has 0 radical (unpaired) electrons. The lowest BCUT2D eigenvalue weighted by Gasteiger charge is -2.19. The summed E-state index contributed by atoms with van der Waals surface area (Å²) in [4.78, 5) is 25.2. The van der Waals surface area contributed by atoms with Crippen molar-refractivity contribution in [3.05, 3.63) is 34.4 Å². The molecule has 1 atom stereocenters. The summed E-state index contributed by atoms with van der Waals surface area (Å²) in [5.74, 6) is -1.19. The van der Waals surface area contributed by atoms with Crippen LogP contribution < -0.4 is 0 Å². The van der Waals surface area contributed by atoms with Crippen LogP contribution in [-0.4, -0.2) is 17.9 Å². The number of unbranched alkanes of at least 4 members (excludes halogenated alkanes) is 1. The normalized spacial score (nSPS) is 12.3. The average Bonchev–Trinajstić information content (AvgIpc) is 2.36. The zero-order valence-electron chi connectivity index (χ0n) is 14.7. The predicted molar refractivity (Wildman–Crippen MR) is 89.2 cm³/mol. The SMILES string of the molecule is CCCCC(C(=O)OC(C)C)C(=O)c1c(C)cc(C)cc1C. The maximum atomic E-state index is 12.9. The third-order valence-corrected chi connectivity index (χ3v) is 3.72. The lowest BCUT2D eigenvalue weighted by molar-refractivity contribution is -0.150. The minimum absolute atomic E-state index is 0.103. The van der Waals surface area contributed by atoms with Crippen molar-refractivity contribution in [2.75, 3.05) is 0 Å². The Kier molecular flexibility index (Phi) is 6.79.